The highest BCUT2D eigenvalue weighted by Crippen LogP contribution is 2.32. The standard InChI is InChI=1S/C16H16ClN3/c17-14-7-3-1-5-12(14)13-6-2-4-8-15(13)20-11-16-18-9-10-19-16/h1-8,20H,9-11H2,(H,18,19). The van der Waals surface area contributed by atoms with Crippen LogP contribution in [0.25, 0.3) is 11.1 Å². The van der Waals surface area contributed by atoms with Gasteiger partial charge in [0.05, 0.1) is 13.1 Å². The van der Waals surface area contributed by atoms with Gasteiger partial charge >= 0.3 is 0 Å². The Hall–Kier alpha value is -2.00. The molecule has 0 saturated heterocycles. The first-order valence-corrected chi connectivity index (χ1v) is 7.07. The summed E-state index contributed by atoms with van der Waals surface area (Å²) in [6, 6.07) is 16.1. The van der Waals surface area contributed by atoms with Crippen LogP contribution in [-0.2, 0) is 0 Å². The van der Waals surface area contributed by atoms with E-state index in [1.54, 1.807) is 0 Å². The zero-order valence-electron chi connectivity index (χ0n) is 11.1. The van der Waals surface area contributed by atoms with Gasteiger partial charge in [-0.25, -0.2) is 0 Å². The lowest BCUT2D eigenvalue weighted by Crippen LogP contribution is -2.26. The molecule has 0 unspecified atom stereocenters. The Morgan fingerprint density at radius 3 is 2.55 bits per heavy atom. The quantitative estimate of drug-likeness (QED) is 0.903. The maximum Gasteiger partial charge on any atom is 0.116 e. The van der Waals surface area contributed by atoms with Gasteiger partial charge in [0.25, 0.3) is 0 Å². The Morgan fingerprint density at radius 2 is 1.80 bits per heavy atom. The van der Waals surface area contributed by atoms with Crippen LogP contribution in [0.3, 0.4) is 0 Å². The van der Waals surface area contributed by atoms with Gasteiger partial charge in [0.1, 0.15) is 5.84 Å². The van der Waals surface area contributed by atoms with E-state index in [-0.39, 0.29) is 0 Å². The van der Waals surface area contributed by atoms with E-state index in [0.29, 0.717) is 6.54 Å². The molecule has 20 heavy (non-hydrogen) atoms. The van der Waals surface area contributed by atoms with Gasteiger partial charge in [0.15, 0.2) is 0 Å². The Morgan fingerprint density at radius 1 is 1.05 bits per heavy atom. The summed E-state index contributed by atoms with van der Waals surface area (Å²) in [6.45, 7) is 2.51. The molecular formula is C16H16ClN3. The summed E-state index contributed by atoms with van der Waals surface area (Å²) in [5, 5.41) is 7.45. The fraction of sp³-hybridized carbons (Fsp3) is 0.188. The van der Waals surface area contributed by atoms with Crippen LogP contribution in [0.4, 0.5) is 5.69 Å². The molecule has 1 aliphatic heterocycles. The first-order valence-electron chi connectivity index (χ1n) is 6.69. The molecule has 0 spiro atoms. The summed E-state index contributed by atoms with van der Waals surface area (Å²) >= 11 is 6.29. The molecule has 0 amide bonds. The Labute approximate surface area is 123 Å². The van der Waals surface area contributed by atoms with Crippen LogP contribution in [0, 0.1) is 0 Å². The van der Waals surface area contributed by atoms with Crippen molar-refractivity contribution in [3.05, 3.63) is 53.6 Å². The van der Waals surface area contributed by atoms with Crippen LogP contribution in [0.2, 0.25) is 5.02 Å². The van der Waals surface area contributed by atoms with Crippen molar-refractivity contribution in [3.63, 3.8) is 0 Å². The number of hydrogen-bond acceptors (Lipinski definition) is 3. The van der Waals surface area contributed by atoms with Crippen molar-refractivity contribution in [2.75, 3.05) is 25.0 Å². The summed E-state index contributed by atoms with van der Waals surface area (Å²) in [6.07, 6.45) is 0. The molecule has 2 aromatic carbocycles. The van der Waals surface area contributed by atoms with Crippen LogP contribution in [-0.4, -0.2) is 25.5 Å². The molecule has 3 nitrogen and oxygen atoms in total. The summed E-state index contributed by atoms with van der Waals surface area (Å²) in [5.41, 5.74) is 3.22. The van der Waals surface area contributed by atoms with E-state index in [2.05, 4.69) is 27.8 Å². The maximum atomic E-state index is 6.29. The molecule has 4 heteroatoms. The van der Waals surface area contributed by atoms with Crippen LogP contribution in [0.1, 0.15) is 0 Å². The highest BCUT2D eigenvalue weighted by atomic mass is 35.5. The third-order valence-electron chi connectivity index (χ3n) is 3.28. The molecule has 102 valence electrons. The van der Waals surface area contributed by atoms with Gasteiger partial charge in [-0.3, -0.25) is 4.99 Å². The smallest absolute Gasteiger partial charge is 0.116 e. The van der Waals surface area contributed by atoms with Crippen LogP contribution in [0.5, 0.6) is 0 Å². The first-order chi connectivity index (χ1) is 9.84. The maximum absolute atomic E-state index is 6.29. The molecule has 2 aromatic rings. The van der Waals surface area contributed by atoms with Crippen molar-refractivity contribution in [2.45, 2.75) is 0 Å². The monoisotopic (exact) mass is 285 g/mol. The van der Waals surface area contributed by atoms with E-state index >= 15 is 0 Å². The van der Waals surface area contributed by atoms with Gasteiger partial charge in [0.2, 0.25) is 0 Å². The first kappa shape index (κ1) is 13.0. The van der Waals surface area contributed by atoms with E-state index in [1.165, 1.54) is 0 Å². The number of anilines is 1. The molecule has 0 fully saturated rings. The topological polar surface area (TPSA) is 36.4 Å². The third kappa shape index (κ3) is 2.78. The molecule has 0 aromatic heterocycles. The second-order valence-corrected chi connectivity index (χ2v) is 5.04. The number of hydrogen-bond donors (Lipinski definition) is 2. The summed E-state index contributed by atoms with van der Waals surface area (Å²) in [5.74, 6) is 1.01. The van der Waals surface area contributed by atoms with Crippen LogP contribution < -0.4 is 10.6 Å². The lowest BCUT2D eigenvalue weighted by Gasteiger charge is -2.13. The van der Waals surface area contributed by atoms with Crippen molar-refractivity contribution >= 4 is 23.1 Å². The van der Waals surface area contributed by atoms with E-state index in [4.69, 9.17) is 11.6 Å². The Bertz CT molecular complexity index is 637. The summed E-state index contributed by atoms with van der Waals surface area (Å²) in [4.78, 5) is 4.39. The van der Waals surface area contributed by atoms with E-state index < -0.39 is 0 Å². The molecule has 1 heterocycles. The van der Waals surface area contributed by atoms with E-state index in [0.717, 1.165) is 40.8 Å². The summed E-state index contributed by atoms with van der Waals surface area (Å²) < 4.78 is 0. The Balaban J connectivity index is 1.86. The van der Waals surface area contributed by atoms with Crippen molar-refractivity contribution < 1.29 is 0 Å². The largest absolute Gasteiger partial charge is 0.377 e. The van der Waals surface area contributed by atoms with Crippen molar-refractivity contribution in [1.29, 1.82) is 0 Å². The molecule has 1 aliphatic rings. The van der Waals surface area contributed by atoms with Gasteiger partial charge in [0, 0.05) is 28.4 Å². The molecule has 2 N–H and O–H groups in total. The average Bonchev–Trinajstić information content (AvgIpc) is 2.99. The number of benzene rings is 2. The highest BCUT2D eigenvalue weighted by molar-refractivity contribution is 6.33. The number of halogens is 1. The second kappa shape index (κ2) is 5.97. The number of aliphatic imine (C=N–C) groups is 1. The third-order valence-corrected chi connectivity index (χ3v) is 3.61. The molecule has 3 rings (SSSR count). The zero-order chi connectivity index (χ0) is 13.8. The predicted octanol–water partition coefficient (Wildman–Crippen LogP) is 3.42. The van der Waals surface area contributed by atoms with Crippen molar-refractivity contribution in [2.24, 2.45) is 4.99 Å². The van der Waals surface area contributed by atoms with E-state index in [1.807, 2.05) is 36.4 Å². The van der Waals surface area contributed by atoms with Crippen LogP contribution >= 0.6 is 11.6 Å². The van der Waals surface area contributed by atoms with Gasteiger partial charge in [-0.05, 0) is 12.1 Å². The van der Waals surface area contributed by atoms with Crippen molar-refractivity contribution in [3.8, 4) is 11.1 Å². The average molecular weight is 286 g/mol. The van der Waals surface area contributed by atoms with E-state index in [9.17, 15) is 0 Å². The normalized spacial score (nSPS) is 13.8. The predicted molar refractivity (Wildman–Crippen MR) is 85.7 cm³/mol. The van der Waals surface area contributed by atoms with Gasteiger partial charge in [-0.2, -0.15) is 0 Å². The highest BCUT2D eigenvalue weighted by Gasteiger charge is 2.09. The number of rotatable bonds is 4. The lowest BCUT2D eigenvalue weighted by molar-refractivity contribution is 0.956. The molecule has 0 radical (unpaired) electrons. The minimum absolute atomic E-state index is 0.710. The van der Waals surface area contributed by atoms with Crippen molar-refractivity contribution in [1.82, 2.24) is 5.32 Å². The zero-order valence-corrected chi connectivity index (χ0v) is 11.8. The van der Waals surface area contributed by atoms with Gasteiger partial charge < -0.3 is 10.6 Å². The van der Waals surface area contributed by atoms with Gasteiger partial charge in [-0.1, -0.05) is 48.0 Å². The molecule has 0 saturated carbocycles. The minimum Gasteiger partial charge on any atom is -0.377 e. The number of nitrogens with zero attached hydrogens (tertiary/aromatic N) is 1. The molecule has 0 bridgehead atoms. The SMILES string of the molecule is Clc1ccccc1-c1ccccc1NCC1=NCCN1. The summed E-state index contributed by atoms with van der Waals surface area (Å²) in [7, 11) is 0. The molecule has 0 atom stereocenters. The number of para-hydroxylation sites is 1. The number of amidine groups is 1. The second-order valence-electron chi connectivity index (χ2n) is 4.63. The molecular weight excluding hydrogens is 270 g/mol. The fourth-order valence-electron chi connectivity index (χ4n) is 2.30. The number of nitrogens with one attached hydrogen (secondary N) is 2. The van der Waals surface area contributed by atoms with Crippen LogP contribution in [0.15, 0.2) is 53.5 Å². The fourth-order valence-corrected chi connectivity index (χ4v) is 2.53. The minimum atomic E-state index is 0.710. The Kier molecular flexibility index (Phi) is 3.88. The lowest BCUT2D eigenvalue weighted by atomic mass is 10.0. The van der Waals surface area contributed by atoms with Gasteiger partial charge in [-0.15, -0.1) is 0 Å². The molecule has 0 aliphatic carbocycles.